The quantitative estimate of drug-likeness (QED) is 0.785. The zero-order valence-corrected chi connectivity index (χ0v) is 17.7. The van der Waals surface area contributed by atoms with Crippen LogP contribution in [0.2, 0.25) is 5.02 Å². The molecule has 0 heterocycles. The summed E-state index contributed by atoms with van der Waals surface area (Å²) in [5.41, 5.74) is 3.57. The summed E-state index contributed by atoms with van der Waals surface area (Å²) >= 11 is 6.00. The maximum absolute atomic E-state index is 12.8. The number of nitrogens with one attached hydrogen (secondary N) is 1. The molecule has 0 aliphatic rings. The molecule has 2 aromatic carbocycles. The zero-order valence-electron chi connectivity index (χ0n) is 16.2. The molecule has 2 aromatic rings. The molecule has 27 heavy (non-hydrogen) atoms. The molecule has 0 aliphatic heterocycles. The molecule has 0 unspecified atom stereocenters. The fourth-order valence-corrected chi connectivity index (χ4v) is 4.50. The number of amides is 1. The SMILES string of the molecule is Cc1ccc([C@H](C)NC(=O)[C@@H](C)N(c2cccc(Cl)c2)S(C)(=O)=O)c(C)c1. The van der Waals surface area contributed by atoms with Crippen LogP contribution in [0.25, 0.3) is 0 Å². The van der Waals surface area contributed by atoms with Crippen molar-refractivity contribution in [3.8, 4) is 0 Å². The van der Waals surface area contributed by atoms with Crippen molar-refractivity contribution in [1.82, 2.24) is 5.32 Å². The van der Waals surface area contributed by atoms with E-state index in [0.717, 1.165) is 27.3 Å². The fourth-order valence-electron chi connectivity index (χ4n) is 3.15. The number of benzene rings is 2. The topological polar surface area (TPSA) is 66.5 Å². The average molecular weight is 409 g/mol. The first kappa shape index (κ1) is 21.3. The van der Waals surface area contributed by atoms with Gasteiger partial charge in [-0.15, -0.1) is 0 Å². The van der Waals surface area contributed by atoms with E-state index in [-0.39, 0.29) is 11.9 Å². The van der Waals surface area contributed by atoms with E-state index in [1.165, 1.54) is 6.07 Å². The van der Waals surface area contributed by atoms with Crippen molar-refractivity contribution in [2.24, 2.45) is 0 Å². The first-order chi connectivity index (χ1) is 12.5. The minimum atomic E-state index is -3.68. The van der Waals surface area contributed by atoms with Crippen LogP contribution in [0.15, 0.2) is 42.5 Å². The van der Waals surface area contributed by atoms with Crippen molar-refractivity contribution >= 4 is 33.2 Å². The summed E-state index contributed by atoms with van der Waals surface area (Å²) in [6, 6.07) is 11.3. The van der Waals surface area contributed by atoms with Gasteiger partial charge in [0.05, 0.1) is 18.0 Å². The Morgan fingerprint density at radius 1 is 1.11 bits per heavy atom. The number of nitrogens with zero attached hydrogens (tertiary/aromatic N) is 1. The second-order valence-corrected chi connectivity index (χ2v) is 9.10. The molecular formula is C20H25ClN2O3S. The Labute approximate surface area is 166 Å². The van der Waals surface area contributed by atoms with Gasteiger partial charge in [-0.05, 0) is 57.0 Å². The number of rotatable bonds is 6. The highest BCUT2D eigenvalue weighted by Gasteiger charge is 2.30. The Bertz CT molecular complexity index is 944. The van der Waals surface area contributed by atoms with Gasteiger partial charge < -0.3 is 5.32 Å². The molecule has 0 saturated heterocycles. The summed E-state index contributed by atoms with van der Waals surface area (Å²) in [4.78, 5) is 12.8. The first-order valence-corrected chi connectivity index (χ1v) is 10.9. The van der Waals surface area contributed by atoms with Gasteiger partial charge in [0.1, 0.15) is 6.04 Å². The normalized spacial score (nSPS) is 13.7. The Kier molecular flexibility index (Phi) is 6.54. The van der Waals surface area contributed by atoms with Crippen LogP contribution in [-0.2, 0) is 14.8 Å². The average Bonchev–Trinajstić information content (AvgIpc) is 2.53. The lowest BCUT2D eigenvalue weighted by molar-refractivity contribution is -0.122. The predicted octanol–water partition coefficient (Wildman–Crippen LogP) is 3.99. The van der Waals surface area contributed by atoms with Gasteiger partial charge >= 0.3 is 0 Å². The van der Waals surface area contributed by atoms with Crippen molar-refractivity contribution in [3.05, 3.63) is 64.2 Å². The van der Waals surface area contributed by atoms with Crippen molar-refractivity contribution < 1.29 is 13.2 Å². The Hall–Kier alpha value is -2.05. The number of carbonyl (C=O) groups excluding carboxylic acids is 1. The molecule has 0 fully saturated rings. The van der Waals surface area contributed by atoms with Crippen LogP contribution in [0.1, 0.15) is 36.6 Å². The number of hydrogen-bond acceptors (Lipinski definition) is 3. The van der Waals surface area contributed by atoms with Crippen LogP contribution in [0.4, 0.5) is 5.69 Å². The van der Waals surface area contributed by atoms with E-state index in [1.807, 2.05) is 32.9 Å². The van der Waals surface area contributed by atoms with Crippen LogP contribution < -0.4 is 9.62 Å². The van der Waals surface area contributed by atoms with E-state index in [4.69, 9.17) is 11.6 Å². The third-order valence-corrected chi connectivity index (χ3v) is 5.88. The monoisotopic (exact) mass is 408 g/mol. The Balaban J connectivity index is 2.27. The standard InChI is InChI=1S/C20H25ClN2O3S/c1-13-9-10-19(14(2)11-13)15(3)22-20(24)16(4)23(27(5,25)26)18-8-6-7-17(21)12-18/h6-12,15-16H,1-5H3,(H,22,24)/t15-,16+/m0/s1. The minimum Gasteiger partial charge on any atom is -0.348 e. The third kappa shape index (κ3) is 5.23. The largest absolute Gasteiger partial charge is 0.348 e. The Morgan fingerprint density at radius 2 is 1.78 bits per heavy atom. The van der Waals surface area contributed by atoms with Gasteiger partial charge in [-0.1, -0.05) is 41.4 Å². The van der Waals surface area contributed by atoms with Crippen LogP contribution in [-0.4, -0.2) is 26.6 Å². The molecule has 2 rings (SSSR count). The van der Waals surface area contributed by atoms with E-state index in [1.54, 1.807) is 25.1 Å². The van der Waals surface area contributed by atoms with E-state index >= 15 is 0 Å². The molecule has 0 radical (unpaired) electrons. The van der Waals surface area contributed by atoms with Crippen LogP contribution in [0.3, 0.4) is 0 Å². The maximum Gasteiger partial charge on any atom is 0.244 e. The molecule has 0 aliphatic carbocycles. The summed E-state index contributed by atoms with van der Waals surface area (Å²) in [7, 11) is -3.68. The van der Waals surface area contributed by atoms with Gasteiger partial charge in [0.15, 0.2) is 0 Å². The van der Waals surface area contributed by atoms with Gasteiger partial charge in [-0.25, -0.2) is 8.42 Å². The second kappa shape index (κ2) is 8.31. The highest BCUT2D eigenvalue weighted by molar-refractivity contribution is 7.92. The van der Waals surface area contributed by atoms with Crippen molar-refractivity contribution in [1.29, 1.82) is 0 Å². The van der Waals surface area contributed by atoms with E-state index in [2.05, 4.69) is 11.4 Å². The number of carbonyl (C=O) groups is 1. The summed E-state index contributed by atoms with van der Waals surface area (Å²) < 4.78 is 25.8. The number of aryl methyl sites for hydroxylation is 2. The van der Waals surface area contributed by atoms with E-state index in [0.29, 0.717) is 10.7 Å². The highest BCUT2D eigenvalue weighted by atomic mass is 35.5. The summed E-state index contributed by atoms with van der Waals surface area (Å²) in [5.74, 6) is -0.382. The molecule has 0 spiro atoms. The van der Waals surface area contributed by atoms with Gasteiger partial charge in [0.2, 0.25) is 15.9 Å². The number of hydrogen-bond donors (Lipinski definition) is 1. The van der Waals surface area contributed by atoms with Gasteiger partial charge in [-0.3, -0.25) is 9.10 Å². The van der Waals surface area contributed by atoms with Crippen molar-refractivity contribution in [2.45, 2.75) is 39.8 Å². The number of halogens is 1. The Morgan fingerprint density at radius 3 is 2.33 bits per heavy atom. The van der Waals surface area contributed by atoms with E-state index < -0.39 is 16.1 Å². The zero-order chi connectivity index (χ0) is 20.4. The third-order valence-electron chi connectivity index (χ3n) is 4.40. The lowest BCUT2D eigenvalue weighted by Gasteiger charge is -2.29. The second-order valence-electron chi connectivity index (χ2n) is 6.80. The summed E-state index contributed by atoms with van der Waals surface area (Å²) in [6.07, 6.45) is 1.07. The van der Waals surface area contributed by atoms with Crippen molar-refractivity contribution in [2.75, 3.05) is 10.6 Å². The lowest BCUT2D eigenvalue weighted by atomic mass is 10.00. The highest BCUT2D eigenvalue weighted by Crippen LogP contribution is 2.25. The lowest BCUT2D eigenvalue weighted by Crippen LogP contribution is -2.48. The minimum absolute atomic E-state index is 0.249. The summed E-state index contributed by atoms with van der Waals surface area (Å²) in [5, 5.41) is 3.32. The van der Waals surface area contributed by atoms with Gasteiger partial charge in [0.25, 0.3) is 0 Å². The molecule has 0 aromatic heterocycles. The molecule has 1 N–H and O–H groups in total. The smallest absolute Gasteiger partial charge is 0.244 e. The molecule has 146 valence electrons. The van der Waals surface area contributed by atoms with Gasteiger partial charge in [-0.2, -0.15) is 0 Å². The number of anilines is 1. The fraction of sp³-hybridized carbons (Fsp3) is 0.350. The first-order valence-electron chi connectivity index (χ1n) is 8.63. The predicted molar refractivity (Wildman–Crippen MR) is 111 cm³/mol. The maximum atomic E-state index is 12.8. The van der Waals surface area contributed by atoms with Crippen LogP contribution in [0.5, 0.6) is 0 Å². The molecular weight excluding hydrogens is 384 g/mol. The van der Waals surface area contributed by atoms with Crippen molar-refractivity contribution in [3.63, 3.8) is 0 Å². The van der Waals surface area contributed by atoms with E-state index in [9.17, 15) is 13.2 Å². The van der Waals surface area contributed by atoms with Crippen LogP contribution >= 0.6 is 11.6 Å². The van der Waals surface area contributed by atoms with Crippen LogP contribution in [0, 0.1) is 13.8 Å². The molecule has 5 nitrogen and oxygen atoms in total. The molecule has 0 saturated carbocycles. The molecule has 7 heteroatoms. The number of sulfonamides is 1. The molecule has 2 atom stereocenters. The van der Waals surface area contributed by atoms with Gasteiger partial charge in [0, 0.05) is 5.02 Å². The summed E-state index contributed by atoms with van der Waals surface area (Å²) in [6.45, 7) is 7.44. The molecule has 1 amide bonds. The molecule has 0 bridgehead atoms.